The van der Waals surface area contributed by atoms with Crippen LogP contribution in [0.2, 0.25) is 45.2 Å². The van der Waals surface area contributed by atoms with E-state index in [1.165, 1.54) is 0 Å². The summed E-state index contributed by atoms with van der Waals surface area (Å²) < 4.78 is 49.4. The van der Waals surface area contributed by atoms with E-state index in [4.69, 9.17) is 118 Å². The number of phosphoric ester groups is 1. The van der Waals surface area contributed by atoms with Crippen molar-refractivity contribution in [1.82, 2.24) is 0 Å². The van der Waals surface area contributed by atoms with Gasteiger partial charge in [0.1, 0.15) is 15.1 Å². The summed E-state index contributed by atoms with van der Waals surface area (Å²) >= 11 is 134. The van der Waals surface area contributed by atoms with Gasteiger partial charge in [-0.2, -0.15) is 4.57 Å². The zero-order valence-electron chi connectivity index (χ0n) is 40.2. The largest absolute Gasteiger partial charge is 0.647 e. The van der Waals surface area contributed by atoms with Crippen LogP contribution in [0.3, 0.4) is 0 Å². The summed E-state index contributed by atoms with van der Waals surface area (Å²) in [6.07, 6.45) is 0. The fourth-order valence-corrected chi connectivity index (χ4v) is 21.1. The van der Waals surface area contributed by atoms with Gasteiger partial charge in [-0.05, 0) is 340 Å². The number of halogens is 27. The Morgan fingerprint density at radius 2 is 0.384 bits per heavy atom. The molecule has 0 saturated heterocycles. The summed E-state index contributed by atoms with van der Waals surface area (Å²) in [5, 5.41) is -1.87. The highest BCUT2D eigenvalue weighted by molar-refractivity contribution is 9.16. The quantitative estimate of drug-likeness (QED) is 0.0903. The van der Waals surface area contributed by atoms with Crippen LogP contribution in [-0.2, 0) is 4.57 Å². The number of phosphoric acid groups is 1. The Morgan fingerprint density at radius 1 is 0.221 bits per heavy atom. The molecule has 0 aliphatic rings. The van der Waals surface area contributed by atoms with Crippen LogP contribution in [0.25, 0.3) is 66.8 Å². The van der Waals surface area contributed by atoms with Crippen molar-refractivity contribution < 1.29 is 18.1 Å². The van der Waals surface area contributed by atoms with Crippen molar-refractivity contribution >= 4 is 399 Å². The summed E-state index contributed by atoms with van der Waals surface area (Å²) in [7, 11) is -5.80. The maximum Gasteiger partial charge on any atom is 0.647 e. The molecular weight excluding hydrogens is 2500 g/mol. The Labute approximate surface area is 687 Å². The summed E-state index contributed by atoms with van der Waals surface area (Å²) in [4.78, 5) is 0. The molecule has 32 heteroatoms. The Hall–Kier alpha value is 3.86. The number of benzene rings is 9. The lowest BCUT2D eigenvalue weighted by molar-refractivity contribution is 0.300. The number of hydrogen-bond donors (Lipinski definition) is 0. The highest BCUT2D eigenvalue weighted by Crippen LogP contribution is 2.67. The van der Waals surface area contributed by atoms with Crippen LogP contribution in [0.4, 0.5) is 0 Å². The van der Waals surface area contributed by atoms with E-state index in [2.05, 4.69) is 287 Å². The molecule has 0 fully saturated rings. The van der Waals surface area contributed by atoms with Gasteiger partial charge in [-0.25, -0.2) is 0 Å². The van der Waals surface area contributed by atoms with E-state index < -0.39 is 25.1 Å². The van der Waals surface area contributed by atoms with E-state index in [0.29, 0.717) is 114 Å². The molecule has 0 radical (unpaired) electrons. The monoisotopic (exact) mass is 2490 g/mol. The van der Waals surface area contributed by atoms with Gasteiger partial charge in [0, 0.05) is 131 Å². The lowest BCUT2D eigenvalue weighted by atomic mass is 9.93. The van der Waals surface area contributed by atoms with Crippen molar-refractivity contribution in [2.45, 2.75) is 0 Å². The van der Waals surface area contributed by atoms with Crippen molar-refractivity contribution in [3.63, 3.8) is 0 Å². The molecule has 0 aromatic heterocycles. The average Bonchev–Trinajstić information content (AvgIpc) is 0.759. The van der Waals surface area contributed by atoms with Crippen LogP contribution < -0.4 is 13.6 Å². The maximum atomic E-state index is 17.8. The molecule has 0 atom stereocenters. The second-order valence-electron chi connectivity index (χ2n) is 17.1. The minimum atomic E-state index is -5.80. The Balaban J connectivity index is 1.51. The summed E-state index contributed by atoms with van der Waals surface area (Å²) in [5.41, 5.74) is 3.51. The second kappa shape index (κ2) is 30.1. The van der Waals surface area contributed by atoms with E-state index in [0.717, 1.165) is 0 Å². The molecule has 0 saturated carbocycles. The average molecular weight is 2510 g/mol. The molecule has 86 heavy (non-hydrogen) atoms. The lowest BCUT2D eigenvalue weighted by Crippen LogP contribution is -2.12. The van der Waals surface area contributed by atoms with Gasteiger partial charge in [0.25, 0.3) is 0 Å². The zero-order chi connectivity index (χ0) is 63.4. The van der Waals surface area contributed by atoms with Crippen LogP contribution in [0.1, 0.15) is 0 Å². The van der Waals surface area contributed by atoms with Gasteiger partial charge in [-0.3, -0.25) is 0 Å². The minimum Gasteiger partial charge on any atom is -0.384 e. The zero-order valence-corrected chi connectivity index (χ0v) is 76.5. The first-order valence-corrected chi connectivity index (χ1v) is 41.5. The molecule has 9 aromatic rings. The van der Waals surface area contributed by atoms with Crippen molar-refractivity contribution in [3.05, 3.63) is 199 Å². The van der Waals surface area contributed by atoms with Crippen LogP contribution in [0, 0.1) is 0 Å². The SMILES string of the molecule is O=P(Oc1c(Cl)c(Cl)c(Cl)c(-c2ccc(Br)c(Br)c2Br)c1-c1ccc(Br)c(Br)c1Br)(Oc1c(Cl)c(Cl)c(Cl)c(-c2ccc(Br)c(Br)c2Br)c1-c1ccc(Br)c(Br)c1Br)Oc1c(Cl)c(Cl)c(Cl)c(-c2ccc(Br)c(Br)c2Br)c1-c1ccc(Br)c(Br)c1Br. The predicted octanol–water partition coefficient (Wildman–Crippen LogP) is 34.9. The van der Waals surface area contributed by atoms with Gasteiger partial charge < -0.3 is 13.6 Å². The highest BCUT2D eigenvalue weighted by atomic mass is 79.9. The molecule has 9 rings (SSSR count). The van der Waals surface area contributed by atoms with E-state index >= 15 is 4.57 Å². The molecule has 0 spiro atoms. The van der Waals surface area contributed by atoms with Gasteiger partial charge in [-0.15, -0.1) is 0 Å². The van der Waals surface area contributed by atoms with Gasteiger partial charge in [-0.1, -0.05) is 141 Å². The van der Waals surface area contributed by atoms with E-state index in [9.17, 15) is 0 Å². The summed E-state index contributed by atoms with van der Waals surface area (Å²) in [6, 6.07) is 21.2. The van der Waals surface area contributed by atoms with Crippen molar-refractivity contribution in [2.75, 3.05) is 0 Å². The molecule has 0 amide bonds. The van der Waals surface area contributed by atoms with Gasteiger partial charge in [0.05, 0.1) is 30.1 Å². The van der Waals surface area contributed by atoms with Crippen molar-refractivity contribution in [1.29, 1.82) is 0 Å². The number of rotatable bonds is 12. The van der Waals surface area contributed by atoms with E-state index in [-0.39, 0.29) is 78.6 Å². The minimum absolute atomic E-state index is 0.0377. The topological polar surface area (TPSA) is 44.8 Å². The fraction of sp³-hybridized carbons (Fsp3) is 0. The summed E-state index contributed by atoms with van der Waals surface area (Å²) in [6.45, 7) is 0. The molecule has 0 unspecified atom stereocenters. The van der Waals surface area contributed by atoms with Gasteiger partial charge in [0.2, 0.25) is 0 Å². The molecular formula is C54H12Br18Cl9O4P. The Bertz CT molecular complexity index is 4060. The van der Waals surface area contributed by atoms with Crippen LogP contribution in [0.15, 0.2) is 153 Å². The standard InChI is InChI=1S/C54H12Br18Cl9O4P/c55-19-7-1-13(31(61)37(19)67)25-28(16-4-10-22(58)40(70)34(16)64)52(49(79)46(76)43(25)73)83-86(82,84-53-29(17-5-11-23(59)41(71)35(17)65)26(44(74)47(77)50(53)80)14-2-8-20(56)38(68)32(14)62)85-54-30(18-6-12-24(60)42(72)36(18)66)27(45(75)48(78)51(54)81)15-3-9-21(57)39(69)33(15)63/h1-12H. The van der Waals surface area contributed by atoms with Crippen LogP contribution in [0.5, 0.6) is 17.2 Å². The Kier molecular flexibility index (Phi) is 26.0. The highest BCUT2D eigenvalue weighted by Gasteiger charge is 2.44. The molecule has 0 bridgehead atoms. The normalized spacial score (nSPS) is 11.7. The van der Waals surface area contributed by atoms with E-state index in [1.807, 2.05) is 0 Å². The molecule has 0 aliphatic heterocycles. The maximum absolute atomic E-state index is 17.8. The fourth-order valence-electron chi connectivity index (χ4n) is 8.41. The molecule has 0 N–H and O–H groups in total. The van der Waals surface area contributed by atoms with Crippen molar-refractivity contribution in [3.8, 4) is 84.0 Å². The van der Waals surface area contributed by atoms with E-state index in [1.54, 1.807) is 72.8 Å². The second-order valence-corrected chi connectivity index (χ2v) is 36.6. The Morgan fingerprint density at radius 3 is 0.558 bits per heavy atom. The van der Waals surface area contributed by atoms with Gasteiger partial charge in [0.15, 0.2) is 17.2 Å². The van der Waals surface area contributed by atoms with Crippen molar-refractivity contribution in [2.24, 2.45) is 0 Å². The van der Waals surface area contributed by atoms with Gasteiger partial charge >= 0.3 is 7.82 Å². The molecule has 4 nitrogen and oxygen atoms in total. The molecule has 0 heterocycles. The molecule has 446 valence electrons. The molecule has 0 aliphatic carbocycles. The first-order valence-electron chi connectivity index (χ1n) is 22.4. The number of hydrogen-bond acceptors (Lipinski definition) is 4. The smallest absolute Gasteiger partial charge is 0.384 e. The van der Waals surface area contributed by atoms with Crippen LogP contribution >= 0.6 is 399 Å². The lowest BCUT2D eigenvalue weighted by Gasteiger charge is -2.29. The predicted molar refractivity (Wildman–Crippen MR) is 425 cm³/mol. The molecule has 9 aromatic carbocycles. The third kappa shape index (κ3) is 14.1. The first-order chi connectivity index (χ1) is 40.3. The van der Waals surface area contributed by atoms with Crippen LogP contribution in [-0.4, -0.2) is 0 Å². The first kappa shape index (κ1) is 74.1. The third-order valence-electron chi connectivity index (χ3n) is 12.3. The summed E-state index contributed by atoms with van der Waals surface area (Å²) in [5.74, 6) is -1.18. The third-order valence-corrected chi connectivity index (χ3v) is 37.7.